The molecule has 0 bridgehead atoms. The van der Waals surface area contributed by atoms with Gasteiger partial charge in [0.25, 0.3) is 0 Å². The lowest BCUT2D eigenvalue weighted by Gasteiger charge is -2.03. The Morgan fingerprint density at radius 2 is 2.32 bits per heavy atom. The number of anilines is 1. The molecule has 0 unspecified atom stereocenters. The molecule has 1 aromatic carbocycles. The monoisotopic (exact) mass is 294 g/mol. The maximum Gasteiger partial charge on any atom is 0.182 e. The maximum absolute atomic E-state index is 5.22. The lowest BCUT2D eigenvalue weighted by Crippen LogP contribution is -1.97. The van der Waals surface area contributed by atoms with Crippen LogP contribution in [0.25, 0.3) is 0 Å². The van der Waals surface area contributed by atoms with E-state index in [9.17, 15) is 0 Å². The van der Waals surface area contributed by atoms with Crippen LogP contribution in [0.15, 0.2) is 35.4 Å². The fourth-order valence-electron chi connectivity index (χ4n) is 1.53. The average Bonchev–Trinajstić information content (AvgIpc) is 2.91. The van der Waals surface area contributed by atoms with E-state index in [0.717, 1.165) is 29.6 Å². The zero-order valence-corrected chi connectivity index (χ0v) is 12.8. The van der Waals surface area contributed by atoms with E-state index in [1.165, 1.54) is 9.77 Å². The van der Waals surface area contributed by atoms with Crippen LogP contribution in [0.4, 0.5) is 5.13 Å². The van der Waals surface area contributed by atoms with E-state index in [-0.39, 0.29) is 0 Å². The van der Waals surface area contributed by atoms with Gasteiger partial charge in [-0.2, -0.15) is 0 Å². The lowest BCUT2D eigenvalue weighted by atomic mass is 10.3. The van der Waals surface area contributed by atoms with Crippen LogP contribution in [0.2, 0.25) is 0 Å². The molecular formula is C14H18N2OS2. The highest BCUT2D eigenvalue weighted by atomic mass is 32.2. The van der Waals surface area contributed by atoms with Crippen molar-refractivity contribution in [1.29, 1.82) is 0 Å². The third-order valence-electron chi connectivity index (χ3n) is 2.50. The first kappa shape index (κ1) is 14.2. The van der Waals surface area contributed by atoms with E-state index in [1.54, 1.807) is 30.2 Å². The number of hydrogen-bond donors (Lipinski definition) is 1. The molecule has 0 saturated heterocycles. The molecule has 0 aliphatic rings. The first-order chi connectivity index (χ1) is 9.31. The van der Waals surface area contributed by atoms with Crippen LogP contribution in [0.3, 0.4) is 0 Å². The van der Waals surface area contributed by atoms with Gasteiger partial charge < -0.3 is 10.1 Å². The van der Waals surface area contributed by atoms with E-state index < -0.39 is 0 Å². The van der Waals surface area contributed by atoms with Crippen molar-refractivity contribution in [3.8, 4) is 5.75 Å². The van der Waals surface area contributed by atoms with Crippen molar-refractivity contribution in [3.05, 3.63) is 35.3 Å². The third kappa shape index (κ3) is 4.44. The molecule has 0 spiro atoms. The summed E-state index contributed by atoms with van der Waals surface area (Å²) in [6.45, 7) is 3.14. The summed E-state index contributed by atoms with van der Waals surface area (Å²) in [6, 6.07) is 8.14. The molecule has 102 valence electrons. The van der Waals surface area contributed by atoms with Gasteiger partial charge in [-0.05, 0) is 24.6 Å². The first-order valence-corrected chi connectivity index (χ1v) is 8.07. The highest BCUT2D eigenvalue weighted by molar-refractivity contribution is 7.98. The van der Waals surface area contributed by atoms with Gasteiger partial charge in [-0.15, -0.1) is 23.1 Å². The summed E-state index contributed by atoms with van der Waals surface area (Å²) in [5.41, 5.74) is 0. The Hall–Kier alpha value is -1.20. The second kappa shape index (κ2) is 7.40. The topological polar surface area (TPSA) is 34.2 Å². The number of thioether (sulfide) groups is 1. The minimum Gasteiger partial charge on any atom is -0.497 e. The summed E-state index contributed by atoms with van der Waals surface area (Å²) in [5, 5.41) is 4.33. The van der Waals surface area contributed by atoms with Gasteiger partial charge in [0, 0.05) is 28.3 Å². The van der Waals surface area contributed by atoms with Gasteiger partial charge in [-0.1, -0.05) is 13.0 Å². The number of methoxy groups -OCH3 is 1. The Bertz CT molecular complexity index is 514. The summed E-state index contributed by atoms with van der Waals surface area (Å²) in [7, 11) is 1.69. The average molecular weight is 294 g/mol. The second-order valence-corrected chi connectivity index (χ2v) is 6.19. The molecule has 3 nitrogen and oxygen atoms in total. The zero-order chi connectivity index (χ0) is 13.5. The van der Waals surface area contributed by atoms with Crippen LogP contribution in [0.1, 0.15) is 18.2 Å². The smallest absolute Gasteiger partial charge is 0.182 e. The molecule has 0 aliphatic heterocycles. The van der Waals surface area contributed by atoms with Crippen molar-refractivity contribution in [3.63, 3.8) is 0 Å². The van der Waals surface area contributed by atoms with E-state index in [0.29, 0.717) is 0 Å². The van der Waals surface area contributed by atoms with Gasteiger partial charge in [0.15, 0.2) is 5.13 Å². The maximum atomic E-state index is 5.22. The molecule has 19 heavy (non-hydrogen) atoms. The SMILES string of the molecule is CCCNc1ncc(CSc2cccc(OC)c2)s1. The number of ether oxygens (including phenoxy) is 1. The number of benzene rings is 1. The van der Waals surface area contributed by atoms with E-state index in [4.69, 9.17) is 4.74 Å². The Morgan fingerprint density at radius 3 is 3.11 bits per heavy atom. The minimum absolute atomic E-state index is 0.902. The van der Waals surface area contributed by atoms with Crippen LogP contribution in [-0.4, -0.2) is 18.6 Å². The van der Waals surface area contributed by atoms with Gasteiger partial charge >= 0.3 is 0 Å². The number of nitrogens with one attached hydrogen (secondary N) is 1. The summed E-state index contributed by atoms with van der Waals surface area (Å²) in [4.78, 5) is 6.87. The van der Waals surface area contributed by atoms with E-state index >= 15 is 0 Å². The molecule has 2 rings (SSSR count). The molecule has 0 fully saturated rings. The van der Waals surface area contributed by atoms with Crippen molar-refractivity contribution < 1.29 is 4.74 Å². The normalized spacial score (nSPS) is 10.4. The van der Waals surface area contributed by atoms with Crippen molar-refractivity contribution >= 4 is 28.2 Å². The van der Waals surface area contributed by atoms with Crippen LogP contribution in [0, 0.1) is 0 Å². The van der Waals surface area contributed by atoms with Gasteiger partial charge in [0.1, 0.15) is 5.75 Å². The minimum atomic E-state index is 0.902. The number of hydrogen-bond acceptors (Lipinski definition) is 5. The summed E-state index contributed by atoms with van der Waals surface area (Å²) >= 11 is 3.53. The fraction of sp³-hybridized carbons (Fsp3) is 0.357. The standard InChI is InChI=1S/C14H18N2OS2/c1-3-7-15-14-16-9-13(19-14)10-18-12-6-4-5-11(8-12)17-2/h4-6,8-9H,3,7,10H2,1-2H3,(H,15,16). The van der Waals surface area contributed by atoms with Gasteiger partial charge in [-0.25, -0.2) is 4.98 Å². The number of thiazole rings is 1. The van der Waals surface area contributed by atoms with Gasteiger partial charge in [0.2, 0.25) is 0 Å². The molecule has 0 aliphatic carbocycles. The molecule has 5 heteroatoms. The molecule has 0 radical (unpaired) electrons. The van der Waals surface area contributed by atoms with Crippen molar-refractivity contribution in [2.45, 2.75) is 24.0 Å². The largest absolute Gasteiger partial charge is 0.497 e. The van der Waals surface area contributed by atoms with Crippen LogP contribution >= 0.6 is 23.1 Å². The molecule has 1 aromatic heterocycles. The highest BCUT2D eigenvalue weighted by Crippen LogP contribution is 2.29. The predicted molar refractivity (Wildman–Crippen MR) is 83.4 cm³/mol. The predicted octanol–water partition coefficient (Wildman–Crippen LogP) is 4.27. The highest BCUT2D eigenvalue weighted by Gasteiger charge is 2.03. The lowest BCUT2D eigenvalue weighted by molar-refractivity contribution is 0.413. The third-order valence-corrected chi connectivity index (χ3v) is 4.68. The second-order valence-electron chi connectivity index (χ2n) is 4.03. The fourth-order valence-corrected chi connectivity index (χ4v) is 3.34. The molecule has 0 saturated carbocycles. The number of nitrogens with zero attached hydrogens (tertiary/aromatic N) is 1. The Kier molecular flexibility index (Phi) is 5.54. The summed E-state index contributed by atoms with van der Waals surface area (Å²) in [6.07, 6.45) is 3.07. The first-order valence-electron chi connectivity index (χ1n) is 6.27. The van der Waals surface area contributed by atoms with Crippen molar-refractivity contribution in [1.82, 2.24) is 4.98 Å². The van der Waals surface area contributed by atoms with E-state index in [2.05, 4.69) is 29.4 Å². The Morgan fingerprint density at radius 1 is 1.42 bits per heavy atom. The number of aromatic nitrogens is 1. The molecule has 0 amide bonds. The van der Waals surface area contributed by atoms with Crippen molar-refractivity contribution in [2.75, 3.05) is 19.0 Å². The van der Waals surface area contributed by atoms with Gasteiger partial charge in [-0.3, -0.25) is 0 Å². The quantitative estimate of drug-likeness (QED) is 0.773. The molecule has 2 aromatic rings. The van der Waals surface area contributed by atoms with Crippen LogP contribution in [-0.2, 0) is 5.75 Å². The Labute approximate surface area is 122 Å². The van der Waals surface area contributed by atoms with Crippen LogP contribution in [0.5, 0.6) is 5.75 Å². The summed E-state index contributed by atoms with van der Waals surface area (Å²) in [5.74, 6) is 1.85. The zero-order valence-electron chi connectivity index (χ0n) is 11.2. The molecular weight excluding hydrogens is 276 g/mol. The molecule has 0 atom stereocenters. The molecule has 1 N–H and O–H groups in total. The molecule has 1 heterocycles. The number of rotatable bonds is 7. The van der Waals surface area contributed by atoms with E-state index in [1.807, 2.05) is 18.3 Å². The van der Waals surface area contributed by atoms with Crippen LogP contribution < -0.4 is 10.1 Å². The summed E-state index contributed by atoms with van der Waals surface area (Å²) < 4.78 is 5.22. The van der Waals surface area contributed by atoms with Crippen molar-refractivity contribution in [2.24, 2.45) is 0 Å². The Balaban J connectivity index is 1.89. The van der Waals surface area contributed by atoms with Gasteiger partial charge in [0.05, 0.1) is 7.11 Å².